The van der Waals surface area contributed by atoms with Crippen molar-refractivity contribution in [1.82, 2.24) is 10.2 Å². The predicted molar refractivity (Wildman–Crippen MR) is 121 cm³/mol. The van der Waals surface area contributed by atoms with Crippen LogP contribution in [-0.2, 0) is 4.79 Å². The van der Waals surface area contributed by atoms with Gasteiger partial charge in [-0.3, -0.25) is 9.89 Å². The summed E-state index contributed by atoms with van der Waals surface area (Å²) in [5.41, 5.74) is 4.43. The Labute approximate surface area is 176 Å². The van der Waals surface area contributed by atoms with Gasteiger partial charge in [0.15, 0.2) is 11.9 Å². The first kappa shape index (κ1) is 19.7. The molecule has 1 heterocycles. The van der Waals surface area contributed by atoms with E-state index in [-0.39, 0.29) is 5.91 Å². The number of H-pyrrole nitrogens is 1. The maximum Gasteiger partial charge on any atom is 0.266 e. The summed E-state index contributed by atoms with van der Waals surface area (Å²) >= 11 is 0. The number of fused-ring (bicyclic) bond motifs is 1. The molecule has 1 aromatic heterocycles. The molecule has 0 aliphatic rings. The van der Waals surface area contributed by atoms with Crippen molar-refractivity contribution >= 4 is 22.6 Å². The van der Waals surface area contributed by atoms with Crippen molar-refractivity contribution in [3.63, 3.8) is 0 Å². The van der Waals surface area contributed by atoms with E-state index in [4.69, 9.17) is 4.74 Å². The summed E-state index contributed by atoms with van der Waals surface area (Å²) in [5.74, 6) is 1.41. The van der Waals surface area contributed by atoms with Crippen LogP contribution in [-0.4, -0.2) is 22.2 Å². The van der Waals surface area contributed by atoms with Crippen LogP contribution in [0.3, 0.4) is 0 Å². The summed E-state index contributed by atoms with van der Waals surface area (Å²) in [4.78, 5) is 12.5. The molecule has 0 saturated heterocycles. The standard InChI is InChI=1S/C25H25N3O2/c1-16(2)18-9-11-19(12-10-18)20-13-14-22-23(15-20)27-28-24(22)26-25(29)17(3)30-21-7-5-4-6-8-21/h4-17H,1-3H3,(H2,26,27,28,29). The Bertz CT molecular complexity index is 1150. The van der Waals surface area contributed by atoms with E-state index in [0.29, 0.717) is 17.5 Å². The van der Waals surface area contributed by atoms with Crippen LogP contribution in [0, 0.1) is 0 Å². The number of para-hydroxylation sites is 1. The second-order valence-electron chi connectivity index (χ2n) is 7.67. The molecule has 4 aromatic rings. The Morgan fingerprint density at radius 3 is 2.33 bits per heavy atom. The number of aromatic nitrogens is 2. The normalized spacial score (nSPS) is 12.1. The number of anilines is 1. The van der Waals surface area contributed by atoms with E-state index in [2.05, 4.69) is 53.6 Å². The summed E-state index contributed by atoms with van der Waals surface area (Å²) in [7, 11) is 0. The second kappa shape index (κ2) is 8.41. The van der Waals surface area contributed by atoms with Crippen molar-refractivity contribution in [2.75, 3.05) is 5.32 Å². The monoisotopic (exact) mass is 399 g/mol. The van der Waals surface area contributed by atoms with Crippen LogP contribution in [0.25, 0.3) is 22.0 Å². The first-order valence-electron chi connectivity index (χ1n) is 10.1. The number of ether oxygens (including phenoxy) is 1. The van der Waals surface area contributed by atoms with Gasteiger partial charge >= 0.3 is 0 Å². The molecule has 0 radical (unpaired) electrons. The van der Waals surface area contributed by atoms with Crippen molar-refractivity contribution in [2.45, 2.75) is 32.8 Å². The number of carbonyl (C=O) groups excluding carboxylic acids is 1. The molecule has 0 saturated carbocycles. The Kier molecular flexibility index (Phi) is 5.53. The molecule has 1 amide bonds. The molecule has 152 valence electrons. The summed E-state index contributed by atoms with van der Waals surface area (Å²) in [6, 6.07) is 24.0. The smallest absolute Gasteiger partial charge is 0.266 e. The van der Waals surface area contributed by atoms with Crippen LogP contribution in [0.4, 0.5) is 5.82 Å². The fourth-order valence-corrected chi connectivity index (χ4v) is 3.33. The molecule has 0 spiro atoms. The van der Waals surface area contributed by atoms with Gasteiger partial charge in [0.2, 0.25) is 0 Å². The van der Waals surface area contributed by atoms with Gasteiger partial charge in [0.05, 0.1) is 5.52 Å². The Balaban J connectivity index is 1.50. The van der Waals surface area contributed by atoms with Crippen molar-refractivity contribution < 1.29 is 9.53 Å². The first-order valence-corrected chi connectivity index (χ1v) is 10.1. The van der Waals surface area contributed by atoms with E-state index in [1.54, 1.807) is 6.92 Å². The first-order chi connectivity index (χ1) is 14.5. The number of rotatable bonds is 6. The molecule has 4 rings (SSSR count). The maximum absolute atomic E-state index is 12.5. The number of aromatic amines is 1. The number of hydrogen-bond donors (Lipinski definition) is 2. The molecule has 1 unspecified atom stereocenters. The lowest BCUT2D eigenvalue weighted by Gasteiger charge is -2.13. The number of nitrogens with zero attached hydrogens (tertiary/aromatic N) is 1. The highest BCUT2D eigenvalue weighted by Gasteiger charge is 2.17. The van der Waals surface area contributed by atoms with Crippen molar-refractivity contribution in [3.05, 3.63) is 78.4 Å². The van der Waals surface area contributed by atoms with Crippen molar-refractivity contribution in [2.24, 2.45) is 0 Å². The highest BCUT2D eigenvalue weighted by molar-refractivity contribution is 6.02. The fourth-order valence-electron chi connectivity index (χ4n) is 3.33. The molecular weight excluding hydrogens is 374 g/mol. The lowest BCUT2D eigenvalue weighted by atomic mass is 9.98. The molecule has 3 aromatic carbocycles. The SMILES string of the molecule is CC(Oc1ccccc1)C(=O)Nc1n[nH]c2cc(-c3ccc(C(C)C)cc3)ccc12. The van der Waals surface area contributed by atoms with Gasteiger partial charge in [-0.15, -0.1) is 0 Å². The van der Waals surface area contributed by atoms with Gasteiger partial charge in [0.1, 0.15) is 5.75 Å². The molecule has 0 fully saturated rings. The minimum Gasteiger partial charge on any atom is -0.481 e. The van der Waals surface area contributed by atoms with E-state index < -0.39 is 6.10 Å². The number of benzene rings is 3. The van der Waals surface area contributed by atoms with Crippen LogP contribution in [0.15, 0.2) is 72.8 Å². The molecule has 0 aliphatic carbocycles. The lowest BCUT2D eigenvalue weighted by molar-refractivity contribution is -0.122. The van der Waals surface area contributed by atoms with Gasteiger partial charge in [-0.05, 0) is 53.8 Å². The average molecular weight is 399 g/mol. The van der Waals surface area contributed by atoms with Gasteiger partial charge in [-0.25, -0.2) is 0 Å². The van der Waals surface area contributed by atoms with Crippen LogP contribution in [0.1, 0.15) is 32.3 Å². The number of hydrogen-bond acceptors (Lipinski definition) is 3. The maximum atomic E-state index is 12.5. The van der Waals surface area contributed by atoms with E-state index in [9.17, 15) is 4.79 Å². The highest BCUT2D eigenvalue weighted by Crippen LogP contribution is 2.28. The van der Waals surface area contributed by atoms with E-state index in [1.165, 1.54) is 5.56 Å². The number of nitrogens with one attached hydrogen (secondary N) is 2. The zero-order chi connectivity index (χ0) is 21.1. The largest absolute Gasteiger partial charge is 0.481 e. The average Bonchev–Trinajstić information content (AvgIpc) is 3.16. The van der Waals surface area contributed by atoms with Gasteiger partial charge in [-0.2, -0.15) is 5.10 Å². The Morgan fingerprint density at radius 1 is 0.933 bits per heavy atom. The highest BCUT2D eigenvalue weighted by atomic mass is 16.5. The third-order valence-electron chi connectivity index (χ3n) is 5.14. The van der Waals surface area contributed by atoms with Crippen molar-refractivity contribution in [1.29, 1.82) is 0 Å². The Morgan fingerprint density at radius 2 is 1.63 bits per heavy atom. The molecule has 1 atom stereocenters. The van der Waals surface area contributed by atoms with Gasteiger partial charge in [0, 0.05) is 5.39 Å². The summed E-state index contributed by atoms with van der Waals surface area (Å²) in [6.07, 6.45) is -0.641. The molecule has 0 bridgehead atoms. The zero-order valence-electron chi connectivity index (χ0n) is 17.3. The summed E-state index contributed by atoms with van der Waals surface area (Å²) in [5, 5.41) is 11.0. The van der Waals surface area contributed by atoms with E-state index in [0.717, 1.165) is 22.0 Å². The van der Waals surface area contributed by atoms with Gasteiger partial charge in [-0.1, -0.05) is 62.4 Å². The van der Waals surface area contributed by atoms with Crippen LogP contribution < -0.4 is 10.1 Å². The quantitative estimate of drug-likeness (QED) is 0.433. The zero-order valence-corrected chi connectivity index (χ0v) is 17.3. The summed E-state index contributed by atoms with van der Waals surface area (Å²) < 4.78 is 5.69. The molecule has 0 aliphatic heterocycles. The second-order valence-corrected chi connectivity index (χ2v) is 7.67. The minimum absolute atomic E-state index is 0.249. The summed E-state index contributed by atoms with van der Waals surface area (Å²) in [6.45, 7) is 6.09. The molecule has 5 nitrogen and oxygen atoms in total. The molecule has 2 N–H and O–H groups in total. The molecule has 5 heteroatoms. The minimum atomic E-state index is -0.641. The van der Waals surface area contributed by atoms with Crippen molar-refractivity contribution in [3.8, 4) is 16.9 Å². The van der Waals surface area contributed by atoms with Gasteiger partial charge < -0.3 is 10.1 Å². The van der Waals surface area contributed by atoms with Crippen LogP contribution >= 0.6 is 0 Å². The third-order valence-corrected chi connectivity index (χ3v) is 5.14. The fraction of sp³-hybridized carbons (Fsp3) is 0.200. The predicted octanol–water partition coefficient (Wildman–Crippen LogP) is 5.76. The number of amides is 1. The lowest BCUT2D eigenvalue weighted by Crippen LogP contribution is -2.30. The molecule has 30 heavy (non-hydrogen) atoms. The van der Waals surface area contributed by atoms with Crippen LogP contribution in [0.5, 0.6) is 5.75 Å². The van der Waals surface area contributed by atoms with E-state index in [1.807, 2.05) is 48.5 Å². The van der Waals surface area contributed by atoms with E-state index >= 15 is 0 Å². The molecular formula is C25H25N3O2. The topological polar surface area (TPSA) is 67.0 Å². The van der Waals surface area contributed by atoms with Crippen LogP contribution in [0.2, 0.25) is 0 Å². The Hall–Kier alpha value is -3.60. The third kappa shape index (κ3) is 4.20. The number of carbonyl (C=O) groups is 1. The van der Waals surface area contributed by atoms with Gasteiger partial charge in [0.25, 0.3) is 5.91 Å².